The predicted molar refractivity (Wildman–Crippen MR) is 82.6 cm³/mol. The number of nitrogens with two attached hydrogens (primary N) is 1. The van der Waals surface area contributed by atoms with Crippen molar-refractivity contribution in [2.45, 2.75) is 31.4 Å². The molecule has 8 heteroatoms. The van der Waals surface area contributed by atoms with Gasteiger partial charge in [-0.1, -0.05) is 6.07 Å². The average Bonchev–Trinajstić information content (AvgIpc) is 2.52. The molecule has 2 rings (SSSR count). The molecule has 1 aromatic rings. The molecule has 1 atom stereocenters. The van der Waals surface area contributed by atoms with Gasteiger partial charge < -0.3 is 21.1 Å². The molecule has 6 nitrogen and oxygen atoms in total. The first-order valence-electron chi connectivity index (χ1n) is 7.76. The van der Waals surface area contributed by atoms with Crippen LogP contribution in [-0.2, 0) is 16.1 Å². The third-order valence-corrected chi connectivity index (χ3v) is 4.03. The van der Waals surface area contributed by atoms with Gasteiger partial charge in [0.1, 0.15) is 0 Å². The van der Waals surface area contributed by atoms with Crippen molar-refractivity contribution in [1.82, 2.24) is 10.2 Å². The van der Waals surface area contributed by atoms with Gasteiger partial charge in [-0.15, -0.1) is 0 Å². The number of amides is 2. The summed E-state index contributed by atoms with van der Waals surface area (Å²) in [5.74, 6) is -2.85. The van der Waals surface area contributed by atoms with Crippen molar-refractivity contribution in [3.8, 4) is 0 Å². The molecule has 0 radical (unpaired) electrons. The van der Waals surface area contributed by atoms with Gasteiger partial charge in [-0.25, -0.2) is 8.78 Å². The molecule has 1 aliphatic rings. The number of rotatable bonds is 7. The van der Waals surface area contributed by atoms with Crippen molar-refractivity contribution in [2.24, 2.45) is 5.73 Å². The number of nitrogens with one attached hydrogen (secondary N) is 1. The predicted octanol–water partition coefficient (Wildman–Crippen LogP) is 0.283. The molecule has 1 aromatic carbocycles. The zero-order valence-electron chi connectivity index (χ0n) is 13.2. The summed E-state index contributed by atoms with van der Waals surface area (Å²) in [5.41, 5.74) is 3.91. The lowest BCUT2D eigenvalue weighted by Crippen LogP contribution is -2.57. The number of carbonyl (C=O) groups is 2. The number of hydrogen-bond donors (Lipinski definition) is 3. The van der Waals surface area contributed by atoms with E-state index in [1.165, 1.54) is 11.0 Å². The van der Waals surface area contributed by atoms with E-state index in [0.717, 1.165) is 12.1 Å². The van der Waals surface area contributed by atoms with Crippen LogP contribution in [0.5, 0.6) is 0 Å². The van der Waals surface area contributed by atoms with E-state index in [9.17, 15) is 23.5 Å². The van der Waals surface area contributed by atoms with Crippen LogP contribution in [0.2, 0.25) is 0 Å². The van der Waals surface area contributed by atoms with Gasteiger partial charge in [0.05, 0.1) is 0 Å². The largest absolute Gasteiger partial charge is 0.379 e. The van der Waals surface area contributed by atoms with Crippen LogP contribution >= 0.6 is 0 Å². The fraction of sp³-hybridized carbons (Fsp3) is 0.500. The van der Waals surface area contributed by atoms with E-state index < -0.39 is 29.0 Å². The lowest BCUT2D eigenvalue weighted by molar-refractivity contribution is -0.157. The van der Waals surface area contributed by atoms with Gasteiger partial charge >= 0.3 is 0 Å². The minimum atomic E-state index is -1.57. The standard InChI is InChI=1S/C16H21F2N3O3/c17-12-3-2-11(8-13(12)18)9-21-7-1-5-16(24,15(21)23)10-20-6-4-14(19)22/h2-3,8,20,24H,1,4-7,9-10H2,(H2,19,22). The van der Waals surface area contributed by atoms with E-state index >= 15 is 0 Å². The van der Waals surface area contributed by atoms with Crippen LogP contribution in [0.1, 0.15) is 24.8 Å². The Hall–Kier alpha value is -2.06. The van der Waals surface area contributed by atoms with Crippen LogP contribution in [0.25, 0.3) is 0 Å². The number of nitrogens with zero attached hydrogens (tertiary/aromatic N) is 1. The summed E-state index contributed by atoms with van der Waals surface area (Å²) < 4.78 is 26.2. The van der Waals surface area contributed by atoms with Crippen LogP contribution in [0, 0.1) is 11.6 Å². The fourth-order valence-corrected chi connectivity index (χ4v) is 2.75. The average molecular weight is 341 g/mol. The molecule has 1 aliphatic heterocycles. The van der Waals surface area contributed by atoms with E-state index in [1.807, 2.05) is 0 Å². The third kappa shape index (κ3) is 4.48. The van der Waals surface area contributed by atoms with E-state index in [1.54, 1.807) is 0 Å². The highest BCUT2D eigenvalue weighted by Crippen LogP contribution is 2.24. The van der Waals surface area contributed by atoms with Gasteiger partial charge in [0.2, 0.25) is 5.91 Å². The zero-order valence-corrected chi connectivity index (χ0v) is 13.2. The number of carbonyl (C=O) groups excluding carboxylic acids is 2. The second kappa shape index (κ2) is 7.67. The van der Waals surface area contributed by atoms with Crippen molar-refractivity contribution in [3.63, 3.8) is 0 Å². The number of likely N-dealkylation sites (tertiary alicyclic amines) is 1. The monoisotopic (exact) mass is 341 g/mol. The van der Waals surface area contributed by atoms with Crippen molar-refractivity contribution in [2.75, 3.05) is 19.6 Å². The van der Waals surface area contributed by atoms with Gasteiger partial charge in [-0.3, -0.25) is 9.59 Å². The smallest absolute Gasteiger partial charge is 0.256 e. The molecule has 0 spiro atoms. The molecule has 0 bridgehead atoms. The first kappa shape index (κ1) is 18.3. The quantitative estimate of drug-likeness (QED) is 0.621. The third-order valence-electron chi connectivity index (χ3n) is 4.03. The van der Waals surface area contributed by atoms with E-state index in [4.69, 9.17) is 5.73 Å². The van der Waals surface area contributed by atoms with E-state index in [-0.39, 0.29) is 26.1 Å². The lowest BCUT2D eigenvalue weighted by Gasteiger charge is -2.38. The summed E-state index contributed by atoms with van der Waals surface area (Å²) in [7, 11) is 0. The molecule has 24 heavy (non-hydrogen) atoms. The molecular weight excluding hydrogens is 320 g/mol. The Labute approximate surface area is 138 Å². The molecule has 0 saturated carbocycles. The molecule has 1 fully saturated rings. The molecule has 1 heterocycles. The van der Waals surface area contributed by atoms with Crippen LogP contribution < -0.4 is 11.1 Å². The molecular formula is C16H21F2N3O3. The minimum Gasteiger partial charge on any atom is -0.379 e. The normalized spacial score (nSPS) is 21.1. The summed E-state index contributed by atoms with van der Waals surface area (Å²) in [4.78, 5) is 24.6. The highest BCUT2D eigenvalue weighted by atomic mass is 19.2. The molecule has 1 saturated heterocycles. The summed E-state index contributed by atoms with van der Waals surface area (Å²) in [6, 6.07) is 3.46. The first-order chi connectivity index (χ1) is 11.3. The fourth-order valence-electron chi connectivity index (χ4n) is 2.75. The maximum absolute atomic E-state index is 13.3. The van der Waals surface area contributed by atoms with Crippen molar-refractivity contribution < 1.29 is 23.5 Å². The Balaban J connectivity index is 1.97. The Morgan fingerprint density at radius 3 is 2.79 bits per heavy atom. The van der Waals surface area contributed by atoms with Crippen LogP contribution in [0.15, 0.2) is 18.2 Å². The molecule has 1 unspecified atom stereocenters. The Kier molecular flexibility index (Phi) is 5.84. The summed E-state index contributed by atoms with van der Waals surface area (Å²) >= 11 is 0. The number of piperidine rings is 1. The number of aliphatic hydroxyl groups is 1. The van der Waals surface area contributed by atoms with Crippen LogP contribution in [0.3, 0.4) is 0 Å². The van der Waals surface area contributed by atoms with Crippen LogP contribution in [-0.4, -0.2) is 47.1 Å². The molecule has 4 N–H and O–H groups in total. The number of hydrogen-bond acceptors (Lipinski definition) is 4. The minimum absolute atomic E-state index is 0.00733. The van der Waals surface area contributed by atoms with Crippen LogP contribution in [0.4, 0.5) is 8.78 Å². The SMILES string of the molecule is NC(=O)CCNCC1(O)CCCN(Cc2ccc(F)c(F)c2)C1=O. The molecule has 132 valence electrons. The van der Waals surface area contributed by atoms with Gasteiger partial charge in [-0.05, 0) is 30.5 Å². The maximum atomic E-state index is 13.3. The molecule has 2 amide bonds. The highest BCUT2D eigenvalue weighted by Gasteiger charge is 2.41. The number of primary amides is 1. The summed E-state index contributed by atoms with van der Waals surface area (Å²) in [6.07, 6.45) is 0.996. The Morgan fingerprint density at radius 2 is 2.12 bits per heavy atom. The first-order valence-corrected chi connectivity index (χ1v) is 7.76. The maximum Gasteiger partial charge on any atom is 0.256 e. The molecule has 0 aromatic heterocycles. The summed E-state index contributed by atoms with van der Waals surface area (Å²) in [5, 5.41) is 13.4. The van der Waals surface area contributed by atoms with E-state index in [2.05, 4.69) is 5.32 Å². The molecule has 0 aliphatic carbocycles. The number of benzene rings is 1. The van der Waals surface area contributed by atoms with Crippen molar-refractivity contribution in [1.29, 1.82) is 0 Å². The zero-order chi connectivity index (χ0) is 17.7. The van der Waals surface area contributed by atoms with Gasteiger partial charge in [-0.2, -0.15) is 0 Å². The van der Waals surface area contributed by atoms with Crippen molar-refractivity contribution >= 4 is 11.8 Å². The van der Waals surface area contributed by atoms with Crippen molar-refractivity contribution in [3.05, 3.63) is 35.4 Å². The lowest BCUT2D eigenvalue weighted by atomic mass is 9.91. The highest BCUT2D eigenvalue weighted by molar-refractivity contribution is 5.86. The van der Waals surface area contributed by atoms with E-state index in [0.29, 0.717) is 24.9 Å². The summed E-state index contributed by atoms with van der Waals surface area (Å²) in [6.45, 7) is 0.808. The Morgan fingerprint density at radius 1 is 1.38 bits per heavy atom. The number of halogens is 2. The second-order valence-corrected chi connectivity index (χ2v) is 6.00. The topological polar surface area (TPSA) is 95.7 Å². The van der Waals surface area contributed by atoms with Gasteiger partial charge in [0.25, 0.3) is 5.91 Å². The Bertz CT molecular complexity index is 627. The second-order valence-electron chi connectivity index (χ2n) is 6.00. The van der Waals surface area contributed by atoms with Gasteiger partial charge in [0, 0.05) is 32.6 Å². The van der Waals surface area contributed by atoms with Gasteiger partial charge in [0.15, 0.2) is 17.2 Å².